The lowest BCUT2D eigenvalue weighted by Gasteiger charge is -2.50. The van der Waals surface area contributed by atoms with Crippen molar-refractivity contribution in [3.8, 4) is 0 Å². The minimum absolute atomic E-state index is 0.0148. The number of alkyl halides is 2. The van der Waals surface area contributed by atoms with Crippen LogP contribution < -0.4 is 4.90 Å². The summed E-state index contributed by atoms with van der Waals surface area (Å²) in [6.07, 6.45) is 0. The number of anilines is 1. The molecule has 2 bridgehead atoms. The number of fused-ring (bicyclic) bond motifs is 2. The number of non-ortho nitro benzene ring substituents is 1. The molecule has 7 heteroatoms. The van der Waals surface area contributed by atoms with E-state index < -0.39 is 22.7 Å². The molecule has 2 atom stereocenters. The number of nitro groups is 1. The first-order valence-corrected chi connectivity index (χ1v) is 6.93. The average molecular weight is 297 g/mol. The summed E-state index contributed by atoms with van der Waals surface area (Å²) < 4.78 is 28.4. The highest BCUT2D eigenvalue weighted by atomic mass is 19.3. The summed E-state index contributed by atoms with van der Waals surface area (Å²) in [5.41, 5.74) is 0.789. The zero-order valence-corrected chi connectivity index (χ0v) is 11.7. The van der Waals surface area contributed by atoms with Crippen LogP contribution >= 0.6 is 0 Å². The Morgan fingerprint density at radius 1 is 1.14 bits per heavy atom. The van der Waals surface area contributed by atoms with E-state index in [9.17, 15) is 18.9 Å². The number of hydrogen-bond acceptors (Lipinski definition) is 4. The molecule has 0 amide bonds. The van der Waals surface area contributed by atoms with Crippen molar-refractivity contribution in [1.82, 2.24) is 4.90 Å². The molecule has 2 saturated heterocycles. The topological polar surface area (TPSA) is 49.6 Å². The van der Waals surface area contributed by atoms with Gasteiger partial charge in [0.1, 0.15) is 0 Å². The lowest BCUT2D eigenvalue weighted by atomic mass is 9.80. The van der Waals surface area contributed by atoms with Gasteiger partial charge in [0.05, 0.1) is 16.8 Å². The van der Waals surface area contributed by atoms with Crippen LogP contribution in [0.1, 0.15) is 0 Å². The molecule has 21 heavy (non-hydrogen) atoms. The number of piperidine rings is 2. The largest absolute Gasteiger partial charge is 0.370 e. The van der Waals surface area contributed by atoms with Gasteiger partial charge in [-0.2, -0.15) is 0 Å². The molecule has 2 fully saturated rings. The lowest BCUT2D eigenvalue weighted by Crippen LogP contribution is -2.63. The highest BCUT2D eigenvalue weighted by Crippen LogP contribution is 2.43. The van der Waals surface area contributed by atoms with Crippen molar-refractivity contribution in [3.63, 3.8) is 0 Å². The number of likely N-dealkylation sites (tertiary alicyclic amines) is 1. The summed E-state index contributed by atoms with van der Waals surface area (Å²) >= 11 is 0. The van der Waals surface area contributed by atoms with Crippen LogP contribution in [0, 0.1) is 22.0 Å². The van der Waals surface area contributed by atoms with Crippen LogP contribution in [0.4, 0.5) is 20.2 Å². The first-order valence-electron chi connectivity index (χ1n) is 6.93. The van der Waals surface area contributed by atoms with Crippen molar-refractivity contribution in [2.75, 3.05) is 38.1 Å². The Labute approximate surface area is 121 Å². The molecule has 0 aliphatic carbocycles. The minimum atomic E-state index is -2.62. The van der Waals surface area contributed by atoms with Gasteiger partial charge < -0.3 is 9.80 Å². The Morgan fingerprint density at radius 3 is 2.14 bits per heavy atom. The molecule has 2 unspecified atom stereocenters. The van der Waals surface area contributed by atoms with E-state index in [0.717, 1.165) is 5.69 Å². The van der Waals surface area contributed by atoms with Crippen LogP contribution in [0.15, 0.2) is 24.3 Å². The van der Waals surface area contributed by atoms with Crippen LogP contribution in [0.25, 0.3) is 0 Å². The van der Waals surface area contributed by atoms with Gasteiger partial charge in [-0.15, -0.1) is 0 Å². The Morgan fingerprint density at radius 2 is 1.67 bits per heavy atom. The van der Waals surface area contributed by atoms with E-state index in [1.54, 1.807) is 12.1 Å². The molecule has 2 aliphatic heterocycles. The summed E-state index contributed by atoms with van der Waals surface area (Å²) in [5, 5.41) is 10.7. The highest BCUT2D eigenvalue weighted by molar-refractivity contribution is 5.51. The van der Waals surface area contributed by atoms with Crippen molar-refractivity contribution < 1.29 is 13.7 Å². The molecular formula is C14H17F2N3O2. The van der Waals surface area contributed by atoms with Gasteiger partial charge in [-0.25, -0.2) is 8.78 Å². The van der Waals surface area contributed by atoms with Crippen LogP contribution in [-0.2, 0) is 0 Å². The van der Waals surface area contributed by atoms with Crippen LogP contribution in [0.5, 0.6) is 0 Å². The van der Waals surface area contributed by atoms with Gasteiger partial charge in [-0.1, -0.05) is 0 Å². The lowest BCUT2D eigenvalue weighted by molar-refractivity contribution is -0.384. The van der Waals surface area contributed by atoms with Crippen LogP contribution in [0.3, 0.4) is 0 Å². The van der Waals surface area contributed by atoms with Crippen molar-refractivity contribution >= 4 is 11.4 Å². The summed E-state index contributed by atoms with van der Waals surface area (Å²) in [5.74, 6) is -4.00. The molecule has 2 aliphatic rings. The number of nitro benzene ring substituents is 1. The second kappa shape index (κ2) is 4.91. The quantitative estimate of drug-likeness (QED) is 0.620. The van der Waals surface area contributed by atoms with Gasteiger partial charge in [-0.3, -0.25) is 10.1 Å². The van der Waals surface area contributed by atoms with E-state index in [2.05, 4.69) is 0 Å². The fourth-order valence-electron chi connectivity index (χ4n) is 3.37. The van der Waals surface area contributed by atoms with Gasteiger partial charge in [-0.05, 0) is 19.2 Å². The Hall–Kier alpha value is -1.76. The van der Waals surface area contributed by atoms with Gasteiger partial charge in [0.2, 0.25) is 0 Å². The molecule has 0 saturated carbocycles. The smallest absolute Gasteiger partial charge is 0.269 e. The zero-order valence-electron chi connectivity index (χ0n) is 11.7. The predicted molar refractivity (Wildman–Crippen MR) is 74.7 cm³/mol. The van der Waals surface area contributed by atoms with Gasteiger partial charge in [0.15, 0.2) is 0 Å². The SMILES string of the molecule is CN1CC2CN(c3ccc([N+](=O)[O-])cc3)CC(C1)C2(F)F. The van der Waals surface area contributed by atoms with Gasteiger partial charge in [0.25, 0.3) is 11.6 Å². The molecule has 1 aromatic carbocycles. The van der Waals surface area contributed by atoms with Crippen LogP contribution in [-0.4, -0.2) is 49.0 Å². The predicted octanol–water partition coefficient (Wildman–Crippen LogP) is 2.23. The molecule has 0 N–H and O–H groups in total. The monoisotopic (exact) mass is 297 g/mol. The molecule has 1 aromatic rings. The highest BCUT2D eigenvalue weighted by Gasteiger charge is 2.54. The summed E-state index contributed by atoms with van der Waals surface area (Å²) in [6.45, 7) is 1.33. The standard InChI is InChI=1S/C14H17F2N3O2/c1-17-6-10-8-18(9-11(7-17)14(10,15)16)12-2-4-13(5-3-12)19(20)21/h2-5,10-11H,6-9H2,1H3. The number of halogens is 2. The summed E-state index contributed by atoms with van der Waals surface area (Å²) in [6, 6.07) is 6.12. The number of nitrogens with zero attached hydrogens (tertiary/aromatic N) is 3. The molecular weight excluding hydrogens is 280 g/mol. The third-order valence-electron chi connectivity index (χ3n) is 4.46. The Bertz CT molecular complexity index is 532. The fraction of sp³-hybridized carbons (Fsp3) is 0.571. The first kappa shape index (κ1) is 14.2. The van der Waals surface area contributed by atoms with E-state index in [1.165, 1.54) is 12.1 Å². The molecule has 0 aromatic heterocycles. The maximum Gasteiger partial charge on any atom is 0.269 e. The van der Waals surface area contributed by atoms with Crippen LogP contribution in [0.2, 0.25) is 0 Å². The van der Waals surface area contributed by atoms with Crippen molar-refractivity contribution in [3.05, 3.63) is 34.4 Å². The number of benzene rings is 1. The Kier molecular flexibility index (Phi) is 3.32. The molecule has 2 heterocycles. The minimum Gasteiger partial charge on any atom is -0.370 e. The first-order chi connectivity index (χ1) is 9.88. The normalized spacial score (nSPS) is 28.4. The Balaban J connectivity index is 1.81. The van der Waals surface area contributed by atoms with Crippen molar-refractivity contribution in [2.24, 2.45) is 11.8 Å². The molecule has 0 radical (unpaired) electrons. The van der Waals surface area contributed by atoms with Crippen molar-refractivity contribution in [2.45, 2.75) is 5.92 Å². The van der Waals surface area contributed by atoms with E-state index in [-0.39, 0.29) is 18.8 Å². The third-order valence-corrected chi connectivity index (χ3v) is 4.46. The van der Waals surface area contributed by atoms with E-state index >= 15 is 0 Å². The molecule has 114 valence electrons. The average Bonchev–Trinajstić information content (AvgIpc) is 2.40. The van der Waals surface area contributed by atoms with E-state index in [0.29, 0.717) is 13.1 Å². The van der Waals surface area contributed by atoms with Gasteiger partial charge in [0, 0.05) is 44.0 Å². The second-order valence-electron chi connectivity index (χ2n) is 5.97. The van der Waals surface area contributed by atoms with E-state index in [4.69, 9.17) is 0 Å². The third kappa shape index (κ3) is 2.46. The van der Waals surface area contributed by atoms with E-state index in [1.807, 2.05) is 16.8 Å². The maximum absolute atomic E-state index is 14.2. The number of rotatable bonds is 2. The van der Waals surface area contributed by atoms with Crippen molar-refractivity contribution in [1.29, 1.82) is 0 Å². The summed E-state index contributed by atoms with van der Waals surface area (Å²) in [4.78, 5) is 14.1. The number of hydrogen-bond donors (Lipinski definition) is 0. The molecule has 3 rings (SSSR count). The maximum atomic E-state index is 14.2. The fourth-order valence-corrected chi connectivity index (χ4v) is 3.37. The molecule has 0 spiro atoms. The van der Waals surface area contributed by atoms with Gasteiger partial charge >= 0.3 is 0 Å². The summed E-state index contributed by atoms with van der Waals surface area (Å²) in [7, 11) is 1.87. The zero-order chi connectivity index (χ0) is 15.2. The molecule has 5 nitrogen and oxygen atoms in total. The second-order valence-corrected chi connectivity index (χ2v) is 5.97.